The predicted molar refractivity (Wildman–Crippen MR) is 138 cm³/mol. The van der Waals surface area contributed by atoms with Crippen LogP contribution in [0.5, 0.6) is 5.88 Å². The van der Waals surface area contributed by atoms with Gasteiger partial charge in [-0.15, -0.1) is 11.3 Å². The van der Waals surface area contributed by atoms with Gasteiger partial charge in [-0.3, -0.25) is 9.71 Å². The van der Waals surface area contributed by atoms with E-state index in [9.17, 15) is 18.3 Å². The van der Waals surface area contributed by atoms with Crippen LogP contribution >= 0.6 is 11.3 Å². The van der Waals surface area contributed by atoms with Crippen molar-refractivity contribution >= 4 is 43.2 Å². The first-order chi connectivity index (χ1) is 17.7. The highest BCUT2D eigenvalue weighted by atomic mass is 32.2. The summed E-state index contributed by atoms with van der Waals surface area (Å²) >= 11 is 1.37. The van der Waals surface area contributed by atoms with Crippen molar-refractivity contribution in [3.8, 4) is 27.6 Å². The maximum absolute atomic E-state index is 12.9. The van der Waals surface area contributed by atoms with Gasteiger partial charge in [0.25, 0.3) is 10.0 Å². The van der Waals surface area contributed by atoms with Gasteiger partial charge in [0.2, 0.25) is 5.88 Å². The minimum atomic E-state index is -4.21. The fourth-order valence-corrected chi connectivity index (χ4v) is 5.80. The lowest BCUT2D eigenvalue weighted by molar-refractivity contribution is 0.0696. The molecule has 0 unspecified atom stereocenters. The highest BCUT2D eigenvalue weighted by Crippen LogP contribution is 2.39. The summed E-state index contributed by atoms with van der Waals surface area (Å²) in [6.45, 7) is 0.337. The number of nitrogens with two attached hydrogens (primary N) is 1. The molecule has 4 heterocycles. The maximum atomic E-state index is 12.9. The summed E-state index contributed by atoms with van der Waals surface area (Å²) in [6, 6.07) is 10.0. The molecule has 0 radical (unpaired) electrons. The topological polar surface area (TPSA) is 181 Å². The molecule has 0 atom stereocenters. The highest BCUT2D eigenvalue weighted by Gasteiger charge is 2.20. The molecule has 13 heteroatoms. The summed E-state index contributed by atoms with van der Waals surface area (Å²) in [6.07, 6.45) is 6.23. The van der Waals surface area contributed by atoms with Gasteiger partial charge in [-0.05, 0) is 42.0 Å². The third-order valence-electron chi connectivity index (χ3n) is 5.40. The monoisotopic (exact) mass is 534 g/mol. The Kier molecular flexibility index (Phi) is 6.25. The first-order valence-corrected chi connectivity index (χ1v) is 13.0. The number of carboxylic acid groups (broad SMARTS) is 1. The van der Waals surface area contributed by atoms with Crippen LogP contribution in [0.25, 0.3) is 31.9 Å². The fourth-order valence-electron chi connectivity index (χ4n) is 3.60. The van der Waals surface area contributed by atoms with Crippen molar-refractivity contribution in [3.05, 3.63) is 78.5 Å². The number of carboxylic acids is 1. The van der Waals surface area contributed by atoms with Gasteiger partial charge in [-0.25, -0.2) is 28.2 Å². The number of hydrogen-bond acceptors (Lipinski definition) is 10. The van der Waals surface area contributed by atoms with Gasteiger partial charge < -0.3 is 15.9 Å². The number of thiophene rings is 1. The van der Waals surface area contributed by atoms with Crippen LogP contribution < -0.4 is 10.5 Å². The summed E-state index contributed by atoms with van der Waals surface area (Å²) in [4.78, 5) is 28.6. The molecule has 0 spiro atoms. The lowest BCUT2D eigenvalue weighted by Crippen LogP contribution is -2.14. The van der Waals surface area contributed by atoms with Crippen molar-refractivity contribution in [2.75, 3.05) is 4.72 Å². The van der Waals surface area contributed by atoms with E-state index in [2.05, 4.69) is 24.7 Å². The van der Waals surface area contributed by atoms with Crippen LogP contribution in [0.3, 0.4) is 0 Å². The fraction of sp³-hybridized carbons (Fsp3) is 0.0417. The molecule has 4 aromatic heterocycles. The normalized spacial score (nSPS) is 11.5. The van der Waals surface area contributed by atoms with Crippen LogP contribution in [-0.4, -0.2) is 44.5 Å². The summed E-state index contributed by atoms with van der Waals surface area (Å²) in [5, 5.41) is 19.4. The number of aromatic nitrogens is 4. The average Bonchev–Trinajstić information content (AvgIpc) is 3.34. The Morgan fingerprint density at radius 2 is 1.86 bits per heavy atom. The molecule has 0 saturated heterocycles. The number of sulfonamides is 1. The maximum Gasteiger partial charge on any atom is 0.335 e. The molecular weight excluding hydrogens is 516 g/mol. The van der Waals surface area contributed by atoms with E-state index in [4.69, 9.17) is 10.8 Å². The molecule has 0 aliphatic heterocycles. The van der Waals surface area contributed by atoms with Gasteiger partial charge in [-0.1, -0.05) is 6.07 Å². The minimum Gasteiger partial charge on any atom is -0.492 e. The second-order valence-corrected chi connectivity index (χ2v) is 10.6. The zero-order valence-corrected chi connectivity index (χ0v) is 20.5. The molecule has 186 valence electrons. The second kappa shape index (κ2) is 9.54. The van der Waals surface area contributed by atoms with E-state index in [0.717, 1.165) is 21.9 Å². The van der Waals surface area contributed by atoms with Crippen LogP contribution in [0.15, 0.2) is 72.3 Å². The number of fused-ring (bicyclic) bond motifs is 1. The standard InChI is InChI=1S/C24H18N6O5S2/c25-8-13-4-16(10-26-9-13)21-22-18(28-12-29-21)7-20(36-22)15-6-19(23(31)27-11-15)30-37(34,35)17-3-1-2-14(5-17)24(32)33/h1-7,9-12,30H,8,25H2,(H,27,31)(H,32,33). The van der Waals surface area contributed by atoms with Gasteiger partial charge in [0, 0.05) is 41.1 Å². The van der Waals surface area contributed by atoms with Gasteiger partial charge in [0.15, 0.2) is 0 Å². The molecule has 0 bridgehead atoms. The first-order valence-electron chi connectivity index (χ1n) is 10.7. The quantitative estimate of drug-likeness (QED) is 0.241. The van der Waals surface area contributed by atoms with Crippen LogP contribution in [0, 0.1) is 0 Å². The number of carbonyl (C=O) groups is 1. The largest absolute Gasteiger partial charge is 0.492 e. The number of aromatic carboxylic acids is 1. The number of pyridine rings is 2. The van der Waals surface area contributed by atoms with Gasteiger partial charge in [0.05, 0.1) is 26.4 Å². The molecule has 0 aliphatic carbocycles. The van der Waals surface area contributed by atoms with Crippen molar-refractivity contribution in [1.82, 2.24) is 19.9 Å². The summed E-state index contributed by atoms with van der Waals surface area (Å²) in [7, 11) is -4.21. The van der Waals surface area contributed by atoms with Crippen LogP contribution in [-0.2, 0) is 16.6 Å². The lowest BCUT2D eigenvalue weighted by Gasteiger charge is -2.10. The van der Waals surface area contributed by atoms with Crippen molar-refractivity contribution in [3.63, 3.8) is 0 Å². The average molecular weight is 535 g/mol. The van der Waals surface area contributed by atoms with E-state index in [1.54, 1.807) is 12.4 Å². The molecule has 0 aliphatic rings. The number of aromatic hydroxyl groups is 1. The van der Waals surface area contributed by atoms with E-state index < -0.39 is 21.9 Å². The van der Waals surface area contributed by atoms with Crippen molar-refractivity contribution in [2.45, 2.75) is 11.4 Å². The lowest BCUT2D eigenvalue weighted by atomic mass is 10.1. The molecule has 0 fully saturated rings. The molecular formula is C24H18N6O5S2. The van der Waals surface area contributed by atoms with Crippen LogP contribution in [0.4, 0.5) is 5.69 Å². The SMILES string of the molecule is NCc1cncc(-c2ncnc3cc(-c4cnc(O)c(NS(=O)(=O)c5cccc(C(=O)O)c5)c4)sc23)c1. The van der Waals surface area contributed by atoms with Gasteiger partial charge in [0.1, 0.15) is 12.0 Å². The Morgan fingerprint density at radius 3 is 2.65 bits per heavy atom. The number of nitrogens with one attached hydrogen (secondary N) is 1. The van der Waals surface area contributed by atoms with E-state index >= 15 is 0 Å². The molecule has 37 heavy (non-hydrogen) atoms. The molecule has 5 N–H and O–H groups in total. The minimum absolute atomic E-state index is 0.165. The summed E-state index contributed by atoms with van der Waals surface area (Å²) in [5.74, 6) is -1.80. The zero-order valence-electron chi connectivity index (χ0n) is 18.9. The third kappa shape index (κ3) is 4.82. The van der Waals surface area contributed by atoms with Crippen LogP contribution in [0.2, 0.25) is 0 Å². The van der Waals surface area contributed by atoms with Crippen molar-refractivity contribution in [1.29, 1.82) is 0 Å². The molecule has 0 amide bonds. The molecule has 0 saturated carbocycles. The number of anilines is 1. The van der Waals surface area contributed by atoms with Crippen LogP contribution in [0.1, 0.15) is 15.9 Å². The van der Waals surface area contributed by atoms with Gasteiger partial charge in [-0.2, -0.15) is 0 Å². The molecule has 5 aromatic rings. The molecule has 5 rings (SSSR count). The molecule has 1 aromatic carbocycles. The summed E-state index contributed by atoms with van der Waals surface area (Å²) in [5.41, 5.74) is 8.90. The Morgan fingerprint density at radius 1 is 1.03 bits per heavy atom. The molecule has 11 nitrogen and oxygen atoms in total. The zero-order chi connectivity index (χ0) is 26.2. The van der Waals surface area contributed by atoms with Crippen molar-refractivity contribution < 1.29 is 23.4 Å². The number of hydrogen-bond donors (Lipinski definition) is 4. The summed E-state index contributed by atoms with van der Waals surface area (Å²) < 4.78 is 28.9. The number of benzene rings is 1. The Hall–Kier alpha value is -4.46. The highest BCUT2D eigenvalue weighted by molar-refractivity contribution is 7.92. The number of nitrogens with zero attached hydrogens (tertiary/aromatic N) is 4. The Balaban J connectivity index is 1.52. The van der Waals surface area contributed by atoms with Gasteiger partial charge >= 0.3 is 5.97 Å². The first kappa shape index (κ1) is 24.2. The Labute approximate surface area is 214 Å². The van der Waals surface area contributed by atoms with Crippen molar-refractivity contribution in [2.24, 2.45) is 5.73 Å². The second-order valence-electron chi connectivity index (χ2n) is 7.87. The number of rotatable bonds is 7. The Bertz CT molecular complexity index is 1770. The van der Waals surface area contributed by atoms with E-state index in [-0.39, 0.29) is 16.1 Å². The van der Waals surface area contributed by atoms with E-state index in [1.807, 2.05) is 12.1 Å². The third-order valence-corrected chi connectivity index (χ3v) is 7.95. The predicted octanol–water partition coefficient (Wildman–Crippen LogP) is 3.48. The van der Waals surface area contributed by atoms with E-state index in [0.29, 0.717) is 28.2 Å². The van der Waals surface area contributed by atoms with E-state index in [1.165, 1.54) is 48.1 Å². The smallest absolute Gasteiger partial charge is 0.335 e.